The molecule has 0 radical (unpaired) electrons. The Bertz CT molecular complexity index is 374. The molecule has 1 aromatic rings. The maximum Gasteiger partial charge on any atom is 0.202 e. The summed E-state index contributed by atoms with van der Waals surface area (Å²) in [7, 11) is 1.17. The van der Waals surface area contributed by atoms with Crippen LogP contribution in [0.5, 0.6) is 5.75 Å². The van der Waals surface area contributed by atoms with Gasteiger partial charge in [-0.1, -0.05) is 11.6 Å². The lowest BCUT2D eigenvalue weighted by molar-refractivity contribution is 0.180. The summed E-state index contributed by atoms with van der Waals surface area (Å²) in [4.78, 5) is 0. The Balaban J connectivity index is 3.38. The van der Waals surface area contributed by atoms with E-state index in [-0.39, 0.29) is 17.9 Å². The second-order valence-electron chi connectivity index (χ2n) is 2.86. The Morgan fingerprint density at radius 3 is 2.60 bits per heavy atom. The fourth-order valence-electron chi connectivity index (χ4n) is 1.18. The lowest BCUT2D eigenvalue weighted by atomic mass is 10.1. The van der Waals surface area contributed by atoms with E-state index in [0.717, 1.165) is 6.07 Å². The highest BCUT2D eigenvalue weighted by atomic mass is 35.5. The zero-order chi connectivity index (χ0) is 11.6. The van der Waals surface area contributed by atoms with Gasteiger partial charge in [0, 0.05) is 12.1 Å². The number of aliphatic hydroxyl groups is 1. The van der Waals surface area contributed by atoms with Gasteiger partial charge in [-0.05, 0) is 6.07 Å². The Morgan fingerprint density at radius 2 is 2.13 bits per heavy atom. The molecule has 0 amide bonds. The predicted molar refractivity (Wildman–Crippen MR) is 51.9 cm³/mol. The van der Waals surface area contributed by atoms with Crippen LogP contribution in [0.3, 0.4) is 0 Å². The van der Waals surface area contributed by atoms with Crippen molar-refractivity contribution in [1.82, 2.24) is 0 Å². The third-order valence-corrected chi connectivity index (χ3v) is 2.21. The van der Waals surface area contributed by atoms with E-state index < -0.39 is 22.8 Å². The van der Waals surface area contributed by atoms with Crippen LogP contribution in [0.25, 0.3) is 0 Å². The van der Waals surface area contributed by atoms with Crippen LogP contribution in [-0.4, -0.2) is 18.8 Å². The fourth-order valence-corrected chi connectivity index (χ4v) is 1.38. The molecule has 3 nitrogen and oxygen atoms in total. The van der Waals surface area contributed by atoms with Gasteiger partial charge in [-0.2, -0.15) is 4.39 Å². The van der Waals surface area contributed by atoms with Crippen molar-refractivity contribution >= 4 is 11.6 Å². The minimum Gasteiger partial charge on any atom is -0.493 e. The quantitative estimate of drug-likeness (QED) is 0.786. The molecule has 6 heteroatoms. The maximum absolute atomic E-state index is 13.3. The Labute approximate surface area is 90.4 Å². The van der Waals surface area contributed by atoms with Gasteiger partial charge in [0.15, 0.2) is 11.6 Å². The second kappa shape index (κ2) is 4.74. The highest BCUT2D eigenvalue weighted by Gasteiger charge is 2.21. The smallest absolute Gasteiger partial charge is 0.202 e. The number of nitrogens with two attached hydrogens (primary N) is 1. The van der Waals surface area contributed by atoms with E-state index in [2.05, 4.69) is 4.74 Å². The largest absolute Gasteiger partial charge is 0.493 e. The average molecular weight is 238 g/mol. The molecule has 1 unspecified atom stereocenters. The van der Waals surface area contributed by atoms with E-state index in [1.807, 2.05) is 0 Å². The molecular formula is C9H10ClF2NO2. The molecule has 15 heavy (non-hydrogen) atoms. The van der Waals surface area contributed by atoms with Crippen LogP contribution in [0.4, 0.5) is 8.78 Å². The Hall–Kier alpha value is -0.910. The minimum absolute atomic E-state index is 0.0314. The average Bonchev–Trinajstić information content (AvgIpc) is 2.24. The van der Waals surface area contributed by atoms with Gasteiger partial charge in [0.1, 0.15) is 0 Å². The summed E-state index contributed by atoms with van der Waals surface area (Å²) in [5.41, 5.74) is 5.23. The topological polar surface area (TPSA) is 55.5 Å². The first-order valence-corrected chi connectivity index (χ1v) is 4.50. The number of hydrogen-bond donors (Lipinski definition) is 2. The predicted octanol–water partition coefficient (Wildman–Crippen LogP) is 1.62. The molecule has 0 aliphatic rings. The van der Waals surface area contributed by atoms with Crippen LogP contribution in [0.1, 0.15) is 11.7 Å². The molecule has 0 saturated heterocycles. The SMILES string of the molecule is COc1c(C(O)CN)cc(Cl)c(F)c1F. The van der Waals surface area contributed by atoms with Gasteiger partial charge in [0.2, 0.25) is 5.82 Å². The van der Waals surface area contributed by atoms with E-state index in [4.69, 9.17) is 17.3 Å². The number of halogens is 3. The first kappa shape index (κ1) is 12.2. The number of hydrogen-bond acceptors (Lipinski definition) is 3. The molecule has 0 saturated carbocycles. The van der Waals surface area contributed by atoms with Crippen molar-refractivity contribution in [3.05, 3.63) is 28.3 Å². The highest BCUT2D eigenvalue weighted by molar-refractivity contribution is 6.30. The fraction of sp³-hybridized carbons (Fsp3) is 0.333. The van der Waals surface area contributed by atoms with E-state index in [9.17, 15) is 13.9 Å². The third-order valence-electron chi connectivity index (χ3n) is 1.93. The number of aliphatic hydroxyl groups excluding tert-OH is 1. The molecule has 0 aromatic heterocycles. The molecule has 0 aliphatic heterocycles. The zero-order valence-corrected chi connectivity index (χ0v) is 8.68. The van der Waals surface area contributed by atoms with E-state index in [1.165, 1.54) is 7.11 Å². The summed E-state index contributed by atoms with van der Waals surface area (Å²) in [5.74, 6) is -2.82. The van der Waals surface area contributed by atoms with Crippen molar-refractivity contribution in [3.63, 3.8) is 0 Å². The third kappa shape index (κ3) is 2.19. The van der Waals surface area contributed by atoms with E-state index >= 15 is 0 Å². The van der Waals surface area contributed by atoms with Crippen molar-refractivity contribution in [2.45, 2.75) is 6.10 Å². The van der Waals surface area contributed by atoms with Crippen LogP contribution in [-0.2, 0) is 0 Å². The monoisotopic (exact) mass is 237 g/mol. The number of ether oxygens (including phenoxy) is 1. The van der Waals surface area contributed by atoms with Gasteiger partial charge in [0.25, 0.3) is 0 Å². The number of rotatable bonds is 3. The Kier molecular flexibility index (Phi) is 3.84. The molecule has 0 heterocycles. The van der Waals surface area contributed by atoms with Crippen LogP contribution < -0.4 is 10.5 Å². The molecule has 84 valence electrons. The van der Waals surface area contributed by atoms with Gasteiger partial charge in [-0.25, -0.2) is 4.39 Å². The summed E-state index contributed by atoms with van der Waals surface area (Å²) in [6.07, 6.45) is -1.15. The van der Waals surface area contributed by atoms with Crippen molar-refractivity contribution in [1.29, 1.82) is 0 Å². The standard InChI is InChI=1S/C9H10ClF2NO2/c1-15-9-4(6(14)3-13)2-5(10)7(11)8(9)12/h2,6,14H,3,13H2,1H3. The summed E-state index contributed by atoms with van der Waals surface area (Å²) >= 11 is 5.43. The van der Waals surface area contributed by atoms with Crippen LogP contribution >= 0.6 is 11.6 Å². The molecule has 0 bridgehead atoms. The van der Waals surface area contributed by atoms with E-state index in [0.29, 0.717) is 0 Å². The molecule has 0 fully saturated rings. The molecular weight excluding hydrogens is 228 g/mol. The van der Waals surface area contributed by atoms with E-state index in [1.54, 1.807) is 0 Å². The first-order chi connectivity index (χ1) is 7.02. The summed E-state index contributed by atoms with van der Waals surface area (Å²) < 4.78 is 31.0. The van der Waals surface area contributed by atoms with Gasteiger partial charge < -0.3 is 15.6 Å². The lowest BCUT2D eigenvalue weighted by Crippen LogP contribution is -2.13. The molecule has 1 atom stereocenters. The normalized spacial score (nSPS) is 12.7. The van der Waals surface area contributed by atoms with Crippen LogP contribution in [0.2, 0.25) is 5.02 Å². The van der Waals surface area contributed by atoms with Crippen molar-refractivity contribution < 1.29 is 18.6 Å². The second-order valence-corrected chi connectivity index (χ2v) is 3.27. The van der Waals surface area contributed by atoms with Crippen LogP contribution in [0.15, 0.2) is 6.07 Å². The molecule has 1 rings (SSSR count). The van der Waals surface area contributed by atoms with Gasteiger partial charge in [-0.15, -0.1) is 0 Å². The minimum atomic E-state index is -1.23. The number of benzene rings is 1. The maximum atomic E-state index is 13.3. The molecule has 1 aromatic carbocycles. The van der Waals surface area contributed by atoms with Gasteiger partial charge >= 0.3 is 0 Å². The van der Waals surface area contributed by atoms with Crippen molar-refractivity contribution in [2.75, 3.05) is 13.7 Å². The number of methoxy groups -OCH3 is 1. The van der Waals surface area contributed by atoms with Crippen molar-refractivity contribution in [2.24, 2.45) is 5.73 Å². The highest BCUT2D eigenvalue weighted by Crippen LogP contribution is 2.33. The summed E-state index contributed by atoms with van der Waals surface area (Å²) in [5, 5.41) is 9.01. The summed E-state index contributed by atoms with van der Waals surface area (Å²) in [6.45, 7) is -0.141. The van der Waals surface area contributed by atoms with Crippen molar-refractivity contribution in [3.8, 4) is 5.75 Å². The van der Waals surface area contributed by atoms with Crippen LogP contribution in [0, 0.1) is 11.6 Å². The molecule has 0 aliphatic carbocycles. The van der Waals surface area contributed by atoms with Gasteiger partial charge in [0.05, 0.1) is 18.2 Å². The Morgan fingerprint density at radius 1 is 1.53 bits per heavy atom. The molecule has 3 N–H and O–H groups in total. The van der Waals surface area contributed by atoms with Gasteiger partial charge in [-0.3, -0.25) is 0 Å². The zero-order valence-electron chi connectivity index (χ0n) is 7.93. The summed E-state index contributed by atoms with van der Waals surface area (Å²) in [6, 6.07) is 1.09. The first-order valence-electron chi connectivity index (χ1n) is 4.12. The lowest BCUT2D eigenvalue weighted by Gasteiger charge is -2.14. The molecule has 0 spiro atoms.